The number of allylic oxidation sites excluding steroid dienone is 1. The molecular formula is C52H61N3O11S. The van der Waals surface area contributed by atoms with Gasteiger partial charge in [0.1, 0.15) is 36.5 Å². The maximum atomic E-state index is 14.3. The number of hydrogen-bond donors (Lipinski definition) is 2. The van der Waals surface area contributed by atoms with Crippen LogP contribution in [-0.2, 0) is 32.3 Å². The number of nitro groups is 1. The van der Waals surface area contributed by atoms with E-state index < -0.39 is 28.8 Å². The molecule has 6 atom stereocenters. The fraction of sp³-hybridized carbons (Fsp3) is 0.423. The highest BCUT2D eigenvalue weighted by molar-refractivity contribution is 7.98. The number of thioether (sulfide) groups is 1. The number of nitrogens with zero attached hydrogens (tertiary/aromatic N) is 3. The summed E-state index contributed by atoms with van der Waals surface area (Å²) in [5.74, 6) is -0.369. The summed E-state index contributed by atoms with van der Waals surface area (Å²) < 4.78 is 32.5. The van der Waals surface area contributed by atoms with E-state index in [1.165, 1.54) is 17.0 Å². The zero-order valence-electron chi connectivity index (χ0n) is 38.2. The van der Waals surface area contributed by atoms with E-state index in [2.05, 4.69) is 12.7 Å². The Hall–Kier alpha value is -5.71. The minimum atomic E-state index is -1.48. The van der Waals surface area contributed by atoms with E-state index in [-0.39, 0.29) is 69.5 Å². The highest BCUT2D eigenvalue weighted by Crippen LogP contribution is 2.62. The van der Waals surface area contributed by atoms with Crippen molar-refractivity contribution in [1.29, 1.82) is 0 Å². The first-order valence-electron chi connectivity index (χ1n) is 23.0. The molecule has 1 saturated carbocycles. The minimum absolute atomic E-state index is 0.00418. The lowest BCUT2D eigenvalue weighted by Gasteiger charge is -2.59. The molecule has 7 rings (SSSR count). The van der Waals surface area contributed by atoms with E-state index in [1.807, 2.05) is 79.1 Å². The highest BCUT2D eigenvalue weighted by atomic mass is 32.2. The van der Waals surface area contributed by atoms with Gasteiger partial charge in [-0.1, -0.05) is 60.5 Å². The molecule has 1 heterocycles. The van der Waals surface area contributed by atoms with Crippen molar-refractivity contribution in [3.05, 3.63) is 148 Å². The molecule has 67 heavy (non-hydrogen) atoms. The molecule has 2 N–H and O–H groups in total. The molecule has 0 saturated heterocycles. The normalized spacial score (nSPS) is 22.1. The van der Waals surface area contributed by atoms with Crippen LogP contribution in [0.5, 0.6) is 17.2 Å². The number of unbranched alkanes of at least 4 members (excludes halogenated alkanes) is 2. The molecule has 356 valence electrons. The van der Waals surface area contributed by atoms with Crippen LogP contribution < -0.4 is 9.47 Å². The van der Waals surface area contributed by atoms with E-state index in [1.54, 1.807) is 37.0 Å². The van der Waals surface area contributed by atoms with Crippen molar-refractivity contribution < 1.29 is 48.5 Å². The standard InChI is InChI=1S/C52H61N3O11S/c1-4-28-63-52-48(54(2)51(58)62-30-29-61-34-36-12-6-5-7-13-36)33-46(53-64-35-37-16-18-39(19-17-37)55(59)60)44-31-38(14-8-10-26-56)43(15-9-11-27-57)49(50(44)52)45-32-41(22-25-47(45)66-52)65-40-20-23-42(67-3)24-21-40/h4-7,12-13,16-25,31-32,38,43,48-50,56-57H,1,8-11,14-15,26-30,33-35H2,2-3H3/t38-,43+,48-,49+,50+,52+/m0/s1. The van der Waals surface area contributed by atoms with Crippen LogP contribution in [-0.4, -0.2) is 90.0 Å². The van der Waals surface area contributed by atoms with Crippen molar-refractivity contribution in [1.82, 2.24) is 4.90 Å². The molecule has 1 amide bonds. The number of rotatable bonds is 24. The Balaban J connectivity index is 1.32. The largest absolute Gasteiger partial charge is 0.459 e. The lowest BCUT2D eigenvalue weighted by atomic mass is 9.55. The Bertz CT molecular complexity index is 2330. The summed E-state index contributed by atoms with van der Waals surface area (Å²) in [6, 6.07) is 28.9. The second-order valence-corrected chi connectivity index (χ2v) is 17.9. The summed E-state index contributed by atoms with van der Waals surface area (Å²) in [5.41, 5.74) is 4.04. The number of carbonyl (C=O) groups excluding carboxylic acids is 1. The monoisotopic (exact) mass is 935 g/mol. The van der Waals surface area contributed by atoms with Crippen LogP contribution in [0.4, 0.5) is 10.5 Å². The average Bonchev–Trinajstić information content (AvgIpc) is 3.35. The van der Waals surface area contributed by atoms with Crippen LogP contribution in [0.15, 0.2) is 131 Å². The van der Waals surface area contributed by atoms with Crippen molar-refractivity contribution in [2.75, 3.05) is 46.3 Å². The molecule has 1 fully saturated rings. The molecule has 15 heteroatoms. The molecular weight excluding hydrogens is 875 g/mol. The van der Waals surface area contributed by atoms with Gasteiger partial charge in [-0.05, 0) is 115 Å². The fourth-order valence-electron chi connectivity index (χ4n) is 9.65. The van der Waals surface area contributed by atoms with Crippen LogP contribution in [0.3, 0.4) is 0 Å². The summed E-state index contributed by atoms with van der Waals surface area (Å²) in [4.78, 5) is 33.9. The van der Waals surface area contributed by atoms with Gasteiger partial charge in [0.15, 0.2) is 0 Å². The molecule has 0 aromatic heterocycles. The molecule has 2 aliphatic carbocycles. The van der Waals surface area contributed by atoms with Crippen molar-refractivity contribution in [3.63, 3.8) is 0 Å². The number of ether oxygens (including phenoxy) is 5. The second kappa shape index (κ2) is 23.8. The third-order valence-corrected chi connectivity index (χ3v) is 13.6. The zero-order chi connectivity index (χ0) is 47.2. The van der Waals surface area contributed by atoms with Crippen LogP contribution in [0.1, 0.15) is 67.6 Å². The Kier molecular flexibility index (Phi) is 17.5. The van der Waals surface area contributed by atoms with Gasteiger partial charge in [0.25, 0.3) is 5.69 Å². The average molecular weight is 936 g/mol. The van der Waals surface area contributed by atoms with E-state index in [0.29, 0.717) is 48.0 Å². The maximum Gasteiger partial charge on any atom is 0.410 e. The van der Waals surface area contributed by atoms with Gasteiger partial charge in [0.2, 0.25) is 5.79 Å². The van der Waals surface area contributed by atoms with Crippen molar-refractivity contribution in [2.24, 2.45) is 22.9 Å². The van der Waals surface area contributed by atoms with E-state index in [0.717, 1.165) is 47.3 Å². The SMILES string of the molecule is C=CCO[C@@]12Oc3ccc(Oc4ccc(SC)cc4)cc3[C@H]3[C@H](CCCCO)[C@@H](CCCCO)C=C(C(=NOCc4ccc([N+](=O)[O-])cc4)C[C@@H]1N(C)C(=O)OCCOCc1ccccc1)[C@H]32. The van der Waals surface area contributed by atoms with Crippen molar-refractivity contribution in [3.8, 4) is 17.2 Å². The highest BCUT2D eigenvalue weighted by Gasteiger charge is 2.65. The number of aliphatic hydroxyl groups is 2. The number of likely N-dealkylation sites (N-methyl/N-ethyl adjacent to an activating group) is 1. The van der Waals surface area contributed by atoms with Crippen molar-refractivity contribution in [2.45, 2.75) is 80.8 Å². The number of non-ortho nitro benzene ring substituents is 1. The third kappa shape index (κ3) is 11.9. The smallest absolute Gasteiger partial charge is 0.410 e. The third-order valence-electron chi connectivity index (χ3n) is 12.8. The number of fused-ring (bicyclic) bond motifs is 2. The predicted molar refractivity (Wildman–Crippen MR) is 256 cm³/mol. The predicted octanol–water partition coefficient (Wildman–Crippen LogP) is 10.2. The Morgan fingerprint density at radius 1 is 0.940 bits per heavy atom. The Morgan fingerprint density at radius 3 is 2.36 bits per heavy atom. The van der Waals surface area contributed by atoms with Crippen LogP contribution in [0.25, 0.3) is 0 Å². The number of nitro benzene ring substituents is 1. The van der Waals surface area contributed by atoms with Gasteiger partial charge < -0.3 is 43.6 Å². The molecule has 0 unspecified atom stereocenters. The molecule has 0 spiro atoms. The Labute approximate surface area is 396 Å². The van der Waals surface area contributed by atoms with Crippen LogP contribution >= 0.6 is 11.8 Å². The lowest BCUT2D eigenvalue weighted by Crippen LogP contribution is -2.69. The number of amides is 1. The van der Waals surface area contributed by atoms with Gasteiger partial charge in [-0.15, -0.1) is 18.3 Å². The molecule has 3 aliphatic rings. The number of oxime groups is 1. The summed E-state index contributed by atoms with van der Waals surface area (Å²) >= 11 is 1.65. The zero-order valence-corrected chi connectivity index (χ0v) is 39.0. The quantitative estimate of drug-likeness (QED) is 0.0224. The first-order chi connectivity index (χ1) is 32.7. The summed E-state index contributed by atoms with van der Waals surface area (Å²) in [5, 5.41) is 36.1. The first kappa shape index (κ1) is 49.2. The molecule has 0 bridgehead atoms. The number of hydrogen-bond acceptors (Lipinski definition) is 13. The van der Waals surface area contributed by atoms with E-state index in [9.17, 15) is 25.1 Å². The van der Waals surface area contributed by atoms with Crippen LogP contribution in [0, 0.1) is 27.9 Å². The molecule has 4 aromatic carbocycles. The van der Waals surface area contributed by atoms with Gasteiger partial charge >= 0.3 is 6.09 Å². The summed E-state index contributed by atoms with van der Waals surface area (Å²) in [6.07, 6.45) is 9.88. The maximum absolute atomic E-state index is 14.3. The molecule has 14 nitrogen and oxygen atoms in total. The van der Waals surface area contributed by atoms with Gasteiger partial charge in [-0.3, -0.25) is 10.1 Å². The van der Waals surface area contributed by atoms with Gasteiger partial charge in [-0.25, -0.2) is 4.79 Å². The number of aliphatic hydroxyl groups excluding tert-OH is 2. The number of benzene rings is 4. The van der Waals surface area contributed by atoms with Gasteiger partial charge in [-0.2, -0.15) is 0 Å². The number of carbonyl (C=O) groups is 1. The Morgan fingerprint density at radius 2 is 1.66 bits per heavy atom. The fourth-order valence-corrected chi connectivity index (χ4v) is 10.1. The lowest BCUT2D eigenvalue weighted by molar-refractivity contribution is -0.384. The van der Waals surface area contributed by atoms with Gasteiger partial charge in [0, 0.05) is 55.2 Å². The molecule has 1 aliphatic heterocycles. The molecule has 0 radical (unpaired) electrons. The topological polar surface area (TPSA) is 172 Å². The van der Waals surface area contributed by atoms with E-state index in [4.69, 9.17) is 33.7 Å². The van der Waals surface area contributed by atoms with Gasteiger partial charge in [0.05, 0.1) is 36.4 Å². The van der Waals surface area contributed by atoms with Crippen LogP contribution in [0.2, 0.25) is 0 Å². The van der Waals surface area contributed by atoms with Crippen molar-refractivity contribution >= 4 is 29.3 Å². The second-order valence-electron chi connectivity index (χ2n) is 17.0. The summed E-state index contributed by atoms with van der Waals surface area (Å²) in [7, 11) is 1.67. The first-order valence-corrected chi connectivity index (χ1v) is 24.2. The molecule has 4 aromatic rings. The summed E-state index contributed by atoms with van der Waals surface area (Å²) in [6.45, 7) is 4.84. The van der Waals surface area contributed by atoms with E-state index >= 15 is 0 Å². The minimum Gasteiger partial charge on any atom is -0.459 e.